The van der Waals surface area contributed by atoms with Crippen LogP contribution in [0.25, 0.3) is 11.0 Å². The Bertz CT molecular complexity index is 1010. The molecule has 1 aliphatic rings. The van der Waals surface area contributed by atoms with Crippen molar-refractivity contribution >= 4 is 16.9 Å². The van der Waals surface area contributed by atoms with Crippen molar-refractivity contribution in [1.82, 2.24) is 14.5 Å². The molecular formula is C22H23F2N3O. The number of para-hydroxylation sites is 2. The van der Waals surface area contributed by atoms with Gasteiger partial charge in [-0.3, -0.25) is 4.79 Å². The summed E-state index contributed by atoms with van der Waals surface area (Å²) in [6.45, 7) is 3.87. The molecule has 0 radical (unpaired) electrons. The Hall–Kier alpha value is -2.76. The van der Waals surface area contributed by atoms with E-state index in [0.717, 1.165) is 54.8 Å². The Kier molecular flexibility index (Phi) is 5.11. The molecule has 0 aliphatic heterocycles. The molecule has 4 rings (SSSR count). The first-order valence-electron chi connectivity index (χ1n) is 9.75. The van der Waals surface area contributed by atoms with E-state index in [1.165, 1.54) is 6.07 Å². The first-order chi connectivity index (χ1) is 13.6. The largest absolute Gasteiger partial charge is 0.331 e. The van der Waals surface area contributed by atoms with Crippen molar-refractivity contribution < 1.29 is 13.6 Å². The number of carbonyl (C=O) groups is 1. The second-order valence-electron chi connectivity index (χ2n) is 7.43. The zero-order valence-electron chi connectivity index (χ0n) is 15.9. The van der Waals surface area contributed by atoms with E-state index in [1.807, 2.05) is 24.3 Å². The number of nitrogens with zero attached hydrogens (tertiary/aromatic N) is 3. The summed E-state index contributed by atoms with van der Waals surface area (Å²) in [6, 6.07) is 11.3. The molecule has 3 aromatic rings. The summed E-state index contributed by atoms with van der Waals surface area (Å²) in [5, 5.41) is 0. The van der Waals surface area contributed by atoms with Crippen LogP contribution in [0.3, 0.4) is 0 Å². The Morgan fingerprint density at radius 2 is 1.96 bits per heavy atom. The third-order valence-electron chi connectivity index (χ3n) is 5.14. The van der Waals surface area contributed by atoms with E-state index in [9.17, 15) is 13.6 Å². The van der Waals surface area contributed by atoms with Crippen LogP contribution in [-0.2, 0) is 13.1 Å². The maximum Gasteiger partial charge on any atom is 0.254 e. The van der Waals surface area contributed by atoms with Crippen LogP contribution in [0.5, 0.6) is 0 Å². The van der Waals surface area contributed by atoms with Gasteiger partial charge in [0.1, 0.15) is 5.82 Å². The number of benzene rings is 2. The molecule has 1 aromatic heterocycles. The lowest BCUT2D eigenvalue weighted by Crippen LogP contribution is -2.33. The maximum absolute atomic E-state index is 13.6. The van der Waals surface area contributed by atoms with Gasteiger partial charge >= 0.3 is 0 Å². The third-order valence-corrected chi connectivity index (χ3v) is 5.14. The summed E-state index contributed by atoms with van der Waals surface area (Å²) >= 11 is 0. The molecule has 1 aliphatic carbocycles. The summed E-state index contributed by atoms with van der Waals surface area (Å²) in [5.41, 5.74) is 2.11. The number of halogens is 2. The van der Waals surface area contributed by atoms with Gasteiger partial charge in [-0.25, -0.2) is 13.8 Å². The van der Waals surface area contributed by atoms with Gasteiger partial charge in [-0.05, 0) is 55.5 Å². The van der Waals surface area contributed by atoms with E-state index in [1.54, 1.807) is 4.90 Å². The third kappa shape index (κ3) is 3.77. The van der Waals surface area contributed by atoms with Crippen LogP contribution >= 0.6 is 0 Å². The number of aromatic nitrogens is 2. The highest BCUT2D eigenvalue weighted by Gasteiger charge is 2.29. The fraction of sp³-hybridized carbons (Fsp3) is 0.364. The predicted octanol–water partition coefficient (Wildman–Crippen LogP) is 4.78. The summed E-state index contributed by atoms with van der Waals surface area (Å²) in [6.07, 6.45) is 3.13. The predicted molar refractivity (Wildman–Crippen MR) is 104 cm³/mol. The van der Waals surface area contributed by atoms with Crippen molar-refractivity contribution in [2.24, 2.45) is 5.92 Å². The smallest absolute Gasteiger partial charge is 0.254 e. The minimum absolute atomic E-state index is 0.165. The standard InChI is InChI=1S/C22H23F2N3O/c1-2-11-27-20-6-4-3-5-19(20)25-21(27)14-26(13-15-7-8-15)22(28)16-9-10-17(23)18(24)12-16/h3-6,9-10,12,15H,2,7-8,11,13-14H2,1H3. The van der Waals surface area contributed by atoms with Crippen molar-refractivity contribution in [1.29, 1.82) is 0 Å². The lowest BCUT2D eigenvalue weighted by Gasteiger charge is -2.23. The lowest BCUT2D eigenvalue weighted by atomic mass is 10.1. The molecule has 0 saturated heterocycles. The molecule has 4 nitrogen and oxygen atoms in total. The van der Waals surface area contributed by atoms with E-state index >= 15 is 0 Å². The molecule has 1 amide bonds. The average molecular weight is 383 g/mol. The van der Waals surface area contributed by atoms with Crippen molar-refractivity contribution in [2.75, 3.05) is 6.54 Å². The molecule has 146 valence electrons. The van der Waals surface area contributed by atoms with Crippen LogP contribution in [0, 0.1) is 17.6 Å². The van der Waals surface area contributed by atoms with Gasteiger partial charge < -0.3 is 9.47 Å². The summed E-state index contributed by atoms with van der Waals surface area (Å²) in [4.78, 5) is 19.5. The lowest BCUT2D eigenvalue weighted by molar-refractivity contribution is 0.0728. The van der Waals surface area contributed by atoms with Gasteiger partial charge in [-0.2, -0.15) is 0 Å². The van der Waals surface area contributed by atoms with Gasteiger partial charge in [0, 0.05) is 18.7 Å². The summed E-state index contributed by atoms with van der Waals surface area (Å²) < 4.78 is 29.1. The van der Waals surface area contributed by atoms with E-state index in [4.69, 9.17) is 4.98 Å². The number of fused-ring (bicyclic) bond motifs is 1. The van der Waals surface area contributed by atoms with Crippen LogP contribution < -0.4 is 0 Å². The Labute approximate surface area is 162 Å². The fourth-order valence-electron chi connectivity index (χ4n) is 3.53. The van der Waals surface area contributed by atoms with Crippen molar-refractivity contribution in [3.63, 3.8) is 0 Å². The van der Waals surface area contributed by atoms with E-state index in [0.29, 0.717) is 19.0 Å². The number of aryl methyl sites for hydroxylation is 1. The Morgan fingerprint density at radius 3 is 2.68 bits per heavy atom. The zero-order chi connectivity index (χ0) is 19.7. The highest BCUT2D eigenvalue weighted by molar-refractivity contribution is 5.94. The van der Waals surface area contributed by atoms with Gasteiger partial charge in [-0.1, -0.05) is 19.1 Å². The van der Waals surface area contributed by atoms with Crippen LogP contribution in [0.15, 0.2) is 42.5 Å². The Morgan fingerprint density at radius 1 is 1.18 bits per heavy atom. The molecule has 28 heavy (non-hydrogen) atoms. The molecule has 1 fully saturated rings. The molecule has 1 heterocycles. The number of amides is 1. The molecule has 0 unspecified atom stereocenters. The Balaban J connectivity index is 1.66. The maximum atomic E-state index is 13.6. The molecule has 0 bridgehead atoms. The molecule has 2 aromatic carbocycles. The van der Waals surface area contributed by atoms with Gasteiger partial charge in [0.25, 0.3) is 5.91 Å². The molecule has 0 spiro atoms. The van der Waals surface area contributed by atoms with Crippen molar-refractivity contribution in [3.05, 3.63) is 65.5 Å². The summed E-state index contributed by atoms with van der Waals surface area (Å²) in [7, 11) is 0. The second-order valence-corrected chi connectivity index (χ2v) is 7.43. The van der Waals surface area contributed by atoms with Crippen LogP contribution in [-0.4, -0.2) is 26.9 Å². The van der Waals surface area contributed by atoms with Crippen LogP contribution in [0.4, 0.5) is 8.78 Å². The van der Waals surface area contributed by atoms with E-state index in [-0.39, 0.29) is 11.5 Å². The average Bonchev–Trinajstić information content (AvgIpc) is 3.45. The van der Waals surface area contributed by atoms with Gasteiger partial charge in [0.05, 0.1) is 17.6 Å². The number of hydrogen-bond acceptors (Lipinski definition) is 2. The van der Waals surface area contributed by atoms with Gasteiger partial charge in [-0.15, -0.1) is 0 Å². The fourth-order valence-corrected chi connectivity index (χ4v) is 3.53. The van der Waals surface area contributed by atoms with E-state index < -0.39 is 11.6 Å². The number of rotatable bonds is 7. The first kappa shape index (κ1) is 18.6. The first-order valence-corrected chi connectivity index (χ1v) is 9.75. The van der Waals surface area contributed by atoms with Gasteiger partial charge in [0.15, 0.2) is 11.6 Å². The summed E-state index contributed by atoms with van der Waals surface area (Å²) in [5.74, 6) is -0.954. The molecule has 0 N–H and O–H groups in total. The van der Waals surface area contributed by atoms with Gasteiger partial charge in [0.2, 0.25) is 0 Å². The number of hydrogen-bond donors (Lipinski definition) is 0. The van der Waals surface area contributed by atoms with Crippen molar-refractivity contribution in [2.45, 2.75) is 39.3 Å². The molecule has 1 saturated carbocycles. The quantitative estimate of drug-likeness (QED) is 0.589. The number of carbonyl (C=O) groups excluding carboxylic acids is 1. The SMILES string of the molecule is CCCn1c(CN(CC2CC2)C(=O)c2ccc(F)c(F)c2)nc2ccccc21. The monoisotopic (exact) mass is 383 g/mol. The van der Waals surface area contributed by atoms with Crippen LogP contribution in [0.2, 0.25) is 0 Å². The second kappa shape index (κ2) is 7.70. The van der Waals surface area contributed by atoms with E-state index in [2.05, 4.69) is 11.5 Å². The highest BCUT2D eigenvalue weighted by Crippen LogP contribution is 2.31. The number of imidazole rings is 1. The minimum Gasteiger partial charge on any atom is -0.331 e. The highest BCUT2D eigenvalue weighted by atomic mass is 19.2. The van der Waals surface area contributed by atoms with Crippen molar-refractivity contribution in [3.8, 4) is 0 Å². The molecule has 6 heteroatoms. The normalized spacial score (nSPS) is 13.8. The molecular weight excluding hydrogens is 360 g/mol. The van der Waals surface area contributed by atoms with Crippen LogP contribution in [0.1, 0.15) is 42.4 Å². The minimum atomic E-state index is -1.00. The zero-order valence-corrected chi connectivity index (χ0v) is 15.9. The topological polar surface area (TPSA) is 38.1 Å². The molecule has 0 atom stereocenters.